The minimum atomic E-state index is -4.43. The molecule has 0 aliphatic carbocycles. The number of aryl methyl sites for hydroxylation is 1. The highest BCUT2D eigenvalue weighted by molar-refractivity contribution is 7.80. The number of rotatable bonds is 4. The first-order valence-corrected chi connectivity index (χ1v) is 11.2. The Kier molecular flexibility index (Phi) is 5.61. The lowest BCUT2D eigenvalue weighted by molar-refractivity contribution is -0.137. The van der Waals surface area contributed by atoms with Crippen LogP contribution < -0.4 is 10.2 Å². The minimum Gasteiger partial charge on any atom is -0.351 e. The molecule has 1 aliphatic rings. The van der Waals surface area contributed by atoms with E-state index in [9.17, 15) is 13.2 Å². The number of halogens is 3. The van der Waals surface area contributed by atoms with Crippen molar-refractivity contribution < 1.29 is 13.2 Å². The second-order valence-corrected chi connectivity index (χ2v) is 8.57. The topological polar surface area (TPSA) is 33.1 Å². The predicted molar refractivity (Wildman–Crippen MR) is 130 cm³/mol. The number of benzene rings is 2. The Hall–Kier alpha value is -3.65. The third-order valence-electron chi connectivity index (χ3n) is 5.95. The van der Waals surface area contributed by atoms with Crippen LogP contribution in [0.2, 0.25) is 0 Å². The van der Waals surface area contributed by atoms with Crippen LogP contribution in [-0.2, 0) is 6.18 Å². The summed E-state index contributed by atoms with van der Waals surface area (Å²) in [6, 6.07) is 22.1. The van der Waals surface area contributed by atoms with Gasteiger partial charge in [-0.05, 0) is 73.7 Å². The summed E-state index contributed by atoms with van der Waals surface area (Å²) >= 11 is 5.74. The lowest BCUT2D eigenvalue weighted by Crippen LogP contribution is -2.30. The Morgan fingerprint density at radius 3 is 2.41 bits per heavy atom. The van der Waals surface area contributed by atoms with Crippen LogP contribution >= 0.6 is 12.2 Å². The van der Waals surface area contributed by atoms with Gasteiger partial charge in [0.2, 0.25) is 0 Å². The Balaban J connectivity index is 1.66. The van der Waals surface area contributed by atoms with Gasteiger partial charge in [0, 0.05) is 29.5 Å². The molecule has 0 amide bonds. The second-order valence-electron chi connectivity index (χ2n) is 8.18. The minimum absolute atomic E-state index is 0.297. The van der Waals surface area contributed by atoms with E-state index >= 15 is 0 Å². The Morgan fingerprint density at radius 2 is 1.71 bits per heavy atom. The molecule has 4 aromatic rings. The van der Waals surface area contributed by atoms with Gasteiger partial charge in [-0.15, -0.1) is 0 Å². The molecule has 5 rings (SSSR count). The lowest BCUT2D eigenvalue weighted by atomic mass is 10.0. The van der Waals surface area contributed by atoms with E-state index in [2.05, 4.69) is 10.3 Å². The van der Waals surface area contributed by atoms with Crippen molar-refractivity contribution in [3.8, 4) is 5.69 Å². The summed E-state index contributed by atoms with van der Waals surface area (Å²) in [5.74, 6) is 0. The van der Waals surface area contributed by atoms with Crippen molar-refractivity contribution in [3.05, 3.63) is 114 Å². The maximum Gasteiger partial charge on any atom is 0.416 e. The highest BCUT2D eigenvalue weighted by Gasteiger charge is 2.42. The van der Waals surface area contributed by atoms with E-state index in [0.29, 0.717) is 10.8 Å². The summed E-state index contributed by atoms with van der Waals surface area (Å²) in [4.78, 5) is 6.55. The summed E-state index contributed by atoms with van der Waals surface area (Å²) < 4.78 is 42.0. The fourth-order valence-electron chi connectivity index (χ4n) is 4.34. The molecule has 2 aromatic carbocycles. The van der Waals surface area contributed by atoms with Gasteiger partial charge in [-0.25, -0.2) is 0 Å². The number of pyridine rings is 1. The molecule has 2 atom stereocenters. The number of hydrogen-bond acceptors (Lipinski definition) is 2. The molecule has 172 valence electrons. The van der Waals surface area contributed by atoms with E-state index < -0.39 is 11.7 Å². The van der Waals surface area contributed by atoms with Gasteiger partial charge in [0.05, 0.1) is 17.3 Å². The van der Waals surface area contributed by atoms with E-state index in [1.807, 2.05) is 66.4 Å². The van der Waals surface area contributed by atoms with Crippen molar-refractivity contribution in [2.75, 3.05) is 4.90 Å². The third-order valence-corrected chi connectivity index (χ3v) is 6.26. The van der Waals surface area contributed by atoms with Crippen LogP contribution in [0.3, 0.4) is 0 Å². The molecule has 0 saturated carbocycles. The Bertz CT molecular complexity index is 1320. The maximum absolute atomic E-state index is 13.4. The zero-order chi connectivity index (χ0) is 23.9. The number of alkyl halides is 3. The number of anilines is 1. The van der Waals surface area contributed by atoms with Gasteiger partial charge < -0.3 is 14.8 Å². The smallest absolute Gasteiger partial charge is 0.351 e. The number of nitrogens with zero attached hydrogens (tertiary/aromatic N) is 3. The summed E-state index contributed by atoms with van der Waals surface area (Å²) in [7, 11) is 0. The van der Waals surface area contributed by atoms with E-state index in [4.69, 9.17) is 12.2 Å². The molecule has 34 heavy (non-hydrogen) atoms. The fraction of sp³-hybridized carbons (Fsp3) is 0.154. The monoisotopic (exact) mass is 478 g/mol. The first kappa shape index (κ1) is 22.2. The van der Waals surface area contributed by atoms with Crippen LogP contribution in [0, 0.1) is 6.92 Å². The Labute approximate surface area is 200 Å². The SMILES string of the molecule is Cc1ccc(N2C(=S)N[C@@H](c3ccccn3)[C@H]2c2cccn2-c2cccc(C(F)(F)F)c2)cc1. The maximum atomic E-state index is 13.4. The summed E-state index contributed by atoms with van der Waals surface area (Å²) in [6.07, 6.45) is -0.934. The fourth-order valence-corrected chi connectivity index (χ4v) is 4.69. The molecule has 0 unspecified atom stereocenters. The van der Waals surface area contributed by atoms with Gasteiger partial charge in [-0.2, -0.15) is 13.2 Å². The normalized spacial score (nSPS) is 18.2. The molecular formula is C26H21F3N4S. The number of thiocarbonyl (C=S) groups is 1. The lowest BCUT2D eigenvalue weighted by Gasteiger charge is -2.29. The molecule has 2 aromatic heterocycles. The molecule has 1 saturated heterocycles. The molecule has 8 heteroatoms. The third kappa shape index (κ3) is 4.05. The highest BCUT2D eigenvalue weighted by Crippen LogP contribution is 2.42. The second kappa shape index (κ2) is 8.61. The van der Waals surface area contributed by atoms with Crippen LogP contribution in [-0.4, -0.2) is 14.7 Å². The van der Waals surface area contributed by atoms with Crippen molar-refractivity contribution in [1.29, 1.82) is 0 Å². The van der Waals surface area contributed by atoms with E-state index in [-0.39, 0.29) is 12.1 Å². The number of aromatic nitrogens is 2. The van der Waals surface area contributed by atoms with Crippen molar-refractivity contribution >= 4 is 23.0 Å². The largest absolute Gasteiger partial charge is 0.416 e. The first-order valence-electron chi connectivity index (χ1n) is 10.7. The zero-order valence-electron chi connectivity index (χ0n) is 18.2. The van der Waals surface area contributed by atoms with Gasteiger partial charge in [0.15, 0.2) is 5.11 Å². The van der Waals surface area contributed by atoms with Crippen LogP contribution in [0.15, 0.2) is 91.3 Å². The molecular weight excluding hydrogens is 457 g/mol. The van der Waals surface area contributed by atoms with Crippen LogP contribution in [0.4, 0.5) is 18.9 Å². The quantitative estimate of drug-likeness (QED) is 0.345. The van der Waals surface area contributed by atoms with E-state index in [1.165, 1.54) is 6.07 Å². The zero-order valence-corrected chi connectivity index (χ0v) is 19.0. The standard InChI is InChI=1S/C26H21F3N4S/c1-17-10-12-19(13-11-17)33-24(23(31-25(33)34)21-8-2-3-14-30-21)22-9-5-15-32(22)20-7-4-6-18(16-20)26(27,28)29/h2-16,23-24H,1H3,(H,31,34)/t23-,24+/m0/s1. The molecule has 4 nitrogen and oxygen atoms in total. The van der Waals surface area contributed by atoms with E-state index in [0.717, 1.165) is 34.8 Å². The van der Waals surface area contributed by atoms with Gasteiger partial charge in [0.1, 0.15) is 6.04 Å². The van der Waals surface area contributed by atoms with Crippen molar-refractivity contribution in [2.45, 2.75) is 25.2 Å². The molecule has 0 radical (unpaired) electrons. The number of hydrogen-bond donors (Lipinski definition) is 1. The summed E-state index contributed by atoms with van der Waals surface area (Å²) in [5, 5.41) is 3.92. The highest BCUT2D eigenvalue weighted by atomic mass is 32.1. The average Bonchev–Trinajstić information content (AvgIpc) is 3.44. The van der Waals surface area contributed by atoms with Gasteiger partial charge in [-0.1, -0.05) is 29.8 Å². The van der Waals surface area contributed by atoms with Crippen LogP contribution in [0.1, 0.15) is 34.6 Å². The number of nitrogens with one attached hydrogen (secondary N) is 1. The van der Waals surface area contributed by atoms with Gasteiger partial charge in [0.25, 0.3) is 0 Å². The van der Waals surface area contributed by atoms with Gasteiger partial charge in [-0.3, -0.25) is 4.98 Å². The van der Waals surface area contributed by atoms with Gasteiger partial charge >= 0.3 is 6.18 Å². The van der Waals surface area contributed by atoms with Crippen LogP contribution in [0.25, 0.3) is 5.69 Å². The molecule has 1 N–H and O–H groups in total. The Morgan fingerprint density at radius 1 is 0.912 bits per heavy atom. The molecule has 1 fully saturated rings. The summed E-state index contributed by atoms with van der Waals surface area (Å²) in [5.41, 5.74) is 3.33. The molecule has 0 spiro atoms. The van der Waals surface area contributed by atoms with Crippen molar-refractivity contribution in [2.24, 2.45) is 0 Å². The first-order chi connectivity index (χ1) is 16.3. The molecule has 1 aliphatic heterocycles. The molecule has 0 bridgehead atoms. The van der Waals surface area contributed by atoms with Crippen LogP contribution in [0.5, 0.6) is 0 Å². The van der Waals surface area contributed by atoms with Crippen molar-refractivity contribution in [3.63, 3.8) is 0 Å². The average molecular weight is 479 g/mol. The van der Waals surface area contributed by atoms with Crippen molar-refractivity contribution in [1.82, 2.24) is 14.9 Å². The van der Waals surface area contributed by atoms with E-state index in [1.54, 1.807) is 23.0 Å². The summed E-state index contributed by atoms with van der Waals surface area (Å²) in [6.45, 7) is 2.01. The predicted octanol–water partition coefficient (Wildman–Crippen LogP) is 6.38. The molecule has 3 heterocycles.